The molecule has 1 aromatic carbocycles. The molecule has 1 aliphatic heterocycles. The van der Waals surface area contributed by atoms with E-state index >= 15 is 0 Å². The SMILES string of the molecule is CCCC1(C)CCc2c(C)cc(C)c(C)c2O1. The first kappa shape index (κ1) is 12.5. The van der Waals surface area contributed by atoms with E-state index in [1.807, 2.05) is 0 Å². The molecule has 2 rings (SSSR count). The zero-order chi connectivity index (χ0) is 12.6. The fourth-order valence-corrected chi connectivity index (χ4v) is 2.95. The van der Waals surface area contributed by atoms with Crippen LogP contribution in [0, 0.1) is 20.8 Å². The molecule has 17 heavy (non-hydrogen) atoms. The summed E-state index contributed by atoms with van der Waals surface area (Å²) in [7, 11) is 0. The molecule has 1 unspecified atom stereocenters. The monoisotopic (exact) mass is 232 g/mol. The van der Waals surface area contributed by atoms with E-state index in [9.17, 15) is 0 Å². The number of benzene rings is 1. The van der Waals surface area contributed by atoms with Gasteiger partial charge in [0.15, 0.2) is 0 Å². The van der Waals surface area contributed by atoms with Gasteiger partial charge in [0, 0.05) is 0 Å². The van der Waals surface area contributed by atoms with Gasteiger partial charge in [-0.3, -0.25) is 0 Å². The van der Waals surface area contributed by atoms with Gasteiger partial charge < -0.3 is 4.74 Å². The summed E-state index contributed by atoms with van der Waals surface area (Å²) in [5.41, 5.74) is 5.55. The van der Waals surface area contributed by atoms with Crippen molar-refractivity contribution in [2.24, 2.45) is 0 Å². The van der Waals surface area contributed by atoms with Crippen molar-refractivity contribution in [2.45, 2.75) is 65.9 Å². The van der Waals surface area contributed by atoms with E-state index in [2.05, 4.69) is 40.7 Å². The first-order chi connectivity index (χ1) is 7.97. The van der Waals surface area contributed by atoms with Crippen LogP contribution >= 0.6 is 0 Å². The summed E-state index contributed by atoms with van der Waals surface area (Å²) in [5.74, 6) is 1.17. The summed E-state index contributed by atoms with van der Waals surface area (Å²) >= 11 is 0. The Morgan fingerprint density at radius 3 is 2.59 bits per heavy atom. The lowest BCUT2D eigenvalue weighted by atomic mass is 9.85. The van der Waals surface area contributed by atoms with Crippen LogP contribution in [0.2, 0.25) is 0 Å². The Morgan fingerprint density at radius 1 is 1.24 bits per heavy atom. The van der Waals surface area contributed by atoms with Crippen LogP contribution in [-0.2, 0) is 6.42 Å². The van der Waals surface area contributed by atoms with E-state index in [1.54, 1.807) is 0 Å². The minimum Gasteiger partial charge on any atom is -0.487 e. The van der Waals surface area contributed by atoms with Gasteiger partial charge in [-0.1, -0.05) is 19.4 Å². The molecule has 0 N–H and O–H groups in total. The van der Waals surface area contributed by atoms with E-state index in [-0.39, 0.29) is 5.60 Å². The third kappa shape index (κ3) is 2.20. The lowest BCUT2D eigenvalue weighted by molar-refractivity contribution is 0.0544. The molecule has 94 valence electrons. The van der Waals surface area contributed by atoms with Crippen molar-refractivity contribution in [1.82, 2.24) is 0 Å². The van der Waals surface area contributed by atoms with Gasteiger partial charge >= 0.3 is 0 Å². The minimum atomic E-state index is 0.0484. The molecule has 1 atom stereocenters. The molecule has 0 saturated carbocycles. The van der Waals surface area contributed by atoms with Crippen LogP contribution in [0.25, 0.3) is 0 Å². The Balaban J connectivity index is 2.43. The third-order valence-corrected chi connectivity index (χ3v) is 4.15. The molecule has 0 aliphatic carbocycles. The molecule has 1 aliphatic rings. The van der Waals surface area contributed by atoms with Crippen molar-refractivity contribution in [3.8, 4) is 5.75 Å². The van der Waals surface area contributed by atoms with Gasteiger partial charge in [0.05, 0.1) is 0 Å². The van der Waals surface area contributed by atoms with Crippen molar-refractivity contribution >= 4 is 0 Å². The lowest BCUT2D eigenvalue weighted by Crippen LogP contribution is -2.36. The number of ether oxygens (including phenoxy) is 1. The van der Waals surface area contributed by atoms with Crippen molar-refractivity contribution in [3.05, 3.63) is 28.3 Å². The number of fused-ring (bicyclic) bond motifs is 1. The molecule has 1 heterocycles. The van der Waals surface area contributed by atoms with Gasteiger partial charge in [0.2, 0.25) is 0 Å². The molecule has 0 bridgehead atoms. The summed E-state index contributed by atoms with van der Waals surface area (Å²) in [6.45, 7) is 11.1. The highest BCUT2D eigenvalue weighted by atomic mass is 16.5. The second-order valence-electron chi connectivity index (χ2n) is 5.75. The second kappa shape index (κ2) is 4.36. The standard InChI is InChI=1S/C16H24O/c1-6-8-16(5)9-7-14-12(3)10-11(2)13(4)15(14)17-16/h10H,6-9H2,1-5H3. The second-order valence-corrected chi connectivity index (χ2v) is 5.75. The predicted molar refractivity (Wildman–Crippen MR) is 72.9 cm³/mol. The zero-order valence-corrected chi connectivity index (χ0v) is 11.8. The molecule has 0 saturated heterocycles. The normalized spacial score (nSPS) is 23.1. The molecule has 1 aromatic rings. The predicted octanol–water partition coefficient (Wildman–Crippen LogP) is 4.50. The average Bonchev–Trinajstić information content (AvgIpc) is 2.26. The number of hydrogen-bond donors (Lipinski definition) is 0. The van der Waals surface area contributed by atoms with E-state index in [0.29, 0.717) is 0 Å². The first-order valence-corrected chi connectivity index (χ1v) is 6.75. The fourth-order valence-electron chi connectivity index (χ4n) is 2.95. The van der Waals surface area contributed by atoms with Crippen LogP contribution < -0.4 is 4.74 Å². The molecular weight excluding hydrogens is 208 g/mol. The topological polar surface area (TPSA) is 9.23 Å². The van der Waals surface area contributed by atoms with Gasteiger partial charge in [-0.15, -0.1) is 0 Å². The Hall–Kier alpha value is -0.980. The van der Waals surface area contributed by atoms with E-state index < -0.39 is 0 Å². The Morgan fingerprint density at radius 2 is 1.94 bits per heavy atom. The van der Waals surface area contributed by atoms with Crippen LogP contribution in [0.1, 0.15) is 55.4 Å². The lowest BCUT2D eigenvalue weighted by Gasteiger charge is -2.37. The molecule has 0 aromatic heterocycles. The Labute approximate surface area is 105 Å². The van der Waals surface area contributed by atoms with Crippen molar-refractivity contribution in [2.75, 3.05) is 0 Å². The number of aryl methyl sites for hydroxylation is 2. The van der Waals surface area contributed by atoms with Crippen LogP contribution in [-0.4, -0.2) is 5.60 Å². The van der Waals surface area contributed by atoms with Crippen LogP contribution in [0.4, 0.5) is 0 Å². The quantitative estimate of drug-likeness (QED) is 0.729. The third-order valence-electron chi connectivity index (χ3n) is 4.15. The maximum Gasteiger partial charge on any atom is 0.126 e. The van der Waals surface area contributed by atoms with Crippen LogP contribution in [0.3, 0.4) is 0 Å². The van der Waals surface area contributed by atoms with Gasteiger partial charge in [0.1, 0.15) is 11.4 Å². The first-order valence-electron chi connectivity index (χ1n) is 6.75. The number of rotatable bonds is 2. The highest BCUT2D eigenvalue weighted by Gasteiger charge is 2.32. The average molecular weight is 232 g/mol. The van der Waals surface area contributed by atoms with Crippen molar-refractivity contribution in [1.29, 1.82) is 0 Å². The number of hydrogen-bond acceptors (Lipinski definition) is 1. The van der Waals surface area contributed by atoms with Crippen molar-refractivity contribution in [3.63, 3.8) is 0 Å². The van der Waals surface area contributed by atoms with E-state index in [0.717, 1.165) is 12.8 Å². The highest BCUT2D eigenvalue weighted by Crippen LogP contribution is 2.40. The molecule has 0 fully saturated rings. The van der Waals surface area contributed by atoms with Gasteiger partial charge in [0.25, 0.3) is 0 Å². The van der Waals surface area contributed by atoms with Crippen LogP contribution in [0.15, 0.2) is 6.07 Å². The Bertz CT molecular complexity index is 434. The summed E-state index contributed by atoms with van der Waals surface area (Å²) in [5, 5.41) is 0. The summed E-state index contributed by atoms with van der Waals surface area (Å²) < 4.78 is 6.35. The van der Waals surface area contributed by atoms with Crippen molar-refractivity contribution < 1.29 is 4.74 Å². The largest absolute Gasteiger partial charge is 0.487 e. The van der Waals surface area contributed by atoms with Crippen LogP contribution in [0.5, 0.6) is 5.75 Å². The Kier molecular flexibility index (Phi) is 3.20. The summed E-state index contributed by atoms with van der Waals surface area (Å²) in [6, 6.07) is 2.29. The maximum absolute atomic E-state index is 6.35. The smallest absolute Gasteiger partial charge is 0.126 e. The molecule has 0 amide bonds. The zero-order valence-electron chi connectivity index (χ0n) is 11.8. The minimum absolute atomic E-state index is 0.0484. The summed E-state index contributed by atoms with van der Waals surface area (Å²) in [4.78, 5) is 0. The van der Waals surface area contributed by atoms with Gasteiger partial charge in [-0.2, -0.15) is 0 Å². The molecule has 0 radical (unpaired) electrons. The molecule has 0 spiro atoms. The summed E-state index contributed by atoms with van der Waals surface area (Å²) in [6.07, 6.45) is 4.66. The molecule has 1 heteroatoms. The molecule has 1 nitrogen and oxygen atoms in total. The van der Waals surface area contributed by atoms with E-state index in [1.165, 1.54) is 40.8 Å². The molecular formula is C16H24O. The van der Waals surface area contributed by atoms with Gasteiger partial charge in [-0.25, -0.2) is 0 Å². The van der Waals surface area contributed by atoms with Gasteiger partial charge in [-0.05, 0) is 69.2 Å². The van der Waals surface area contributed by atoms with E-state index in [4.69, 9.17) is 4.74 Å². The maximum atomic E-state index is 6.35. The fraction of sp³-hybridized carbons (Fsp3) is 0.625. The highest BCUT2D eigenvalue weighted by molar-refractivity contribution is 5.51.